The summed E-state index contributed by atoms with van der Waals surface area (Å²) in [4.78, 5) is 21.3. The van der Waals surface area contributed by atoms with Gasteiger partial charge in [-0.2, -0.15) is 13.2 Å². The number of nitrogens with one attached hydrogen (secondary N) is 1. The third kappa shape index (κ3) is 7.51. The molecule has 0 unspecified atom stereocenters. The number of hydrogen-bond donors (Lipinski definition) is 1. The van der Waals surface area contributed by atoms with Gasteiger partial charge in [-0.3, -0.25) is 14.9 Å². The average Bonchev–Trinajstić information content (AvgIpc) is 2.43. The Morgan fingerprint density at radius 3 is 2.44 bits per heavy atom. The van der Waals surface area contributed by atoms with E-state index in [4.69, 9.17) is 4.74 Å². The molecule has 0 atom stereocenters. The van der Waals surface area contributed by atoms with E-state index in [1.54, 1.807) is 20.8 Å². The van der Waals surface area contributed by atoms with E-state index >= 15 is 0 Å². The number of nitrogens with zero attached hydrogens (tertiary/aromatic N) is 1. The van der Waals surface area contributed by atoms with Crippen LogP contribution in [-0.4, -0.2) is 23.0 Å². The summed E-state index contributed by atoms with van der Waals surface area (Å²) in [5.74, 6) is -0.374. The predicted octanol–water partition coefficient (Wildman–Crippen LogP) is 3.83. The van der Waals surface area contributed by atoms with Crippen molar-refractivity contribution in [3.63, 3.8) is 0 Å². The van der Waals surface area contributed by atoms with E-state index in [9.17, 15) is 28.1 Å². The van der Waals surface area contributed by atoms with Crippen LogP contribution in [0.2, 0.25) is 0 Å². The second-order valence-corrected chi connectivity index (χ2v) is 6.46. The van der Waals surface area contributed by atoms with Crippen molar-refractivity contribution in [2.45, 2.75) is 51.9 Å². The maximum atomic E-state index is 13.0. The summed E-state index contributed by atoms with van der Waals surface area (Å²) in [7, 11) is 0. The quantitative estimate of drug-likeness (QED) is 0.345. The molecule has 140 valence electrons. The number of nitro groups is 1. The van der Waals surface area contributed by atoms with Crippen molar-refractivity contribution in [2.24, 2.45) is 0 Å². The monoisotopic (exact) mass is 362 g/mol. The van der Waals surface area contributed by atoms with Gasteiger partial charge in [0.1, 0.15) is 5.60 Å². The van der Waals surface area contributed by atoms with Gasteiger partial charge in [-0.25, -0.2) is 0 Å². The van der Waals surface area contributed by atoms with Crippen molar-refractivity contribution in [3.05, 3.63) is 39.4 Å². The molecule has 0 heterocycles. The lowest BCUT2D eigenvalue weighted by atomic mass is 10.1. The van der Waals surface area contributed by atoms with Crippen LogP contribution in [0.5, 0.6) is 0 Å². The molecule has 0 aliphatic heterocycles. The third-order valence-electron chi connectivity index (χ3n) is 3.08. The molecule has 1 aromatic carbocycles. The van der Waals surface area contributed by atoms with Crippen molar-refractivity contribution in [3.8, 4) is 0 Å². The van der Waals surface area contributed by atoms with Crippen LogP contribution in [0, 0.1) is 10.1 Å². The Morgan fingerprint density at radius 1 is 1.28 bits per heavy atom. The molecule has 25 heavy (non-hydrogen) atoms. The summed E-state index contributed by atoms with van der Waals surface area (Å²) < 4.78 is 44.2. The lowest BCUT2D eigenvalue weighted by Gasteiger charge is -2.19. The number of carbonyl (C=O) groups is 1. The molecule has 0 aliphatic carbocycles. The fourth-order valence-electron chi connectivity index (χ4n) is 2.07. The number of alkyl halides is 3. The highest BCUT2D eigenvalue weighted by molar-refractivity contribution is 5.69. The molecule has 0 radical (unpaired) electrons. The first kappa shape index (κ1) is 20.9. The van der Waals surface area contributed by atoms with E-state index in [2.05, 4.69) is 5.32 Å². The molecule has 1 rings (SSSR count). The SMILES string of the molecule is CC(C)(C)OC(=O)CCCNCc1ccc([N+](=O)[O-])cc1C(F)(F)F. The largest absolute Gasteiger partial charge is 0.460 e. The average molecular weight is 362 g/mol. The highest BCUT2D eigenvalue weighted by atomic mass is 19.4. The number of esters is 1. The van der Waals surface area contributed by atoms with E-state index in [1.807, 2.05) is 0 Å². The van der Waals surface area contributed by atoms with Gasteiger partial charge in [0.15, 0.2) is 0 Å². The Morgan fingerprint density at radius 2 is 1.92 bits per heavy atom. The molecule has 6 nitrogen and oxygen atoms in total. The Labute approximate surface area is 143 Å². The zero-order valence-corrected chi connectivity index (χ0v) is 14.3. The summed E-state index contributed by atoms with van der Waals surface area (Å²) in [5, 5.41) is 13.4. The summed E-state index contributed by atoms with van der Waals surface area (Å²) >= 11 is 0. The highest BCUT2D eigenvalue weighted by Crippen LogP contribution is 2.34. The minimum Gasteiger partial charge on any atom is -0.460 e. The number of ether oxygens (including phenoxy) is 1. The number of hydrogen-bond acceptors (Lipinski definition) is 5. The normalized spacial score (nSPS) is 12.1. The highest BCUT2D eigenvalue weighted by Gasteiger charge is 2.34. The molecule has 0 amide bonds. The second-order valence-electron chi connectivity index (χ2n) is 6.46. The van der Waals surface area contributed by atoms with Crippen molar-refractivity contribution in [1.29, 1.82) is 0 Å². The number of nitro benzene ring substituents is 1. The molecule has 0 aromatic heterocycles. The molecule has 9 heteroatoms. The maximum Gasteiger partial charge on any atom is 0.416 e. The van der Waals surface area contributed by atoms with Gasteiger partial charge < -0.3 is 10.1 Å². The molecule has 0 saturated heterocycles. The fourth-order valence-corrected chi connectivity index (χ4v) is 2.07. The summed E-state index contributed by atoms with van der Waals surface area (Å²) in [5.41, 5.74) is -2.32. The molecule has 1 N–H and O–H groups in total. The van der Waals surface area contributed by atoms with Crippen LogP contribution in [0.4, 0.5) is 18.9 Å². The number of rotatable bonds is 7. The molecule has 0 bridgehead atoms. The van der Waals surface area contributed by atoms with Gasteiger partial charge in [-0.1, -0.05) is 6.07 Å². The fraction of sp³-hybridized carbons (Fsp3) is 0.562. The lowest BCUT2D eigenvalue weighted by Crippen LogP contribution is -2.25. The summed E-state index contributed by atoms with van der Waals surface area (Å²) in [6, 6.07) is 2.65. The zero-order valence-electron chi connectivity index (χ0n) is 14.3. The standard InChI is InChI=1S/C16H21F3N2O4/c1-15(2,3)25-14(22)5-4-8-20-10-11-6-7-12(21(23)24)9-13(11)16(17,18)19/h6-7,9,20H,4-5,8,10H2,1-3H3. The van der Waals surface area contributed by atoms with Gasteiger partial charge in [0, 0.05) is 25.1 Å². The van der Waals surface area contributed by atoms with E-state index in [0.29, 0.717) is 19.0 Å². The van der Waals surface area contributed by atoms with Crippen molar-refractivity contribution < 1.29 is 27.6 Å². The number of carbonyl (C=O) groups excluding carboxylic acids is 1. The zero-order chi connectivity index (χ0) is 19.3. The van der Waals surface area contributed by atoms with E-state index in [-0.39, 0.29) is 24.5 Å². The van der Waals surface area contributed by atoms with Gasteiger partial charge in [0.2, 0.25) is 0 Å². The van der Waals surface area contributed by atoms with Gasteiger partial charge >= 0.3 is 12.1 Å². The first-order valence-electron chi connectivity index (χ1n) is 7.67. The Balaban J connectivity index is 2.57. The maximum absolute atomic E-state index is 13.0. The molecule has 0 saturated carbocycles. The van der Waals surface area contributed by atoms with Crippen LogP contribution >= 0.6 is 0 Å². The van der Waals surface area contributed by atoms with Crippen LogP contribution in [0.1, 0.15) is 44.7 Å². The van der Waals surface area contributed by atoms with Crippen molar-refractivity contribution in [2.75, 3.05) is 6.54 Å². The molecule has 0 fully saturated rings. The number of halogens is 3. The first-order valence-corrected chi connectivity index (χ1v) is 7.67. The number of non-ortho nitro benzene ring substituents is 1. The minimum absolute atomic E-state index is 0.0876. The predicted molar refractivity (Wildman–Crippen MR) is 84.9 cm³/mol. The van der Waals surface area contributed by atoms with Crippen molar-refractivity contribution >= 4 is 11.7 Å². The lowest BCUT2D eigenvalue weighted by molar-refractivity contribution is -0.385. The van der Waals surface area contributed by atoms with Gasteiger partial charge in [0.05, 0.1) is 10.5 Å². The second kappa shape index (κ2) is 8.28. The summed E-state index contributed by atoms with van der Waals surface area (Å²) in [6.45, 7) is 5.44. The minimum atomic E-state index is -4.68. The number of benzene rings is 1. The van der Waals surface area contributed by atoms with Gasteiger partial charge in [0.25, 0.3) is 5.69 Å². The Hall–Kier alpha value is -2.16. The molecule has 1 aromatic rings. The smallest absolute Gasteiger partial charge is 0.416 e. The Bertz CT molecular complexity index is 625. The van der Waals surface area contributed by atoms with Crippen LogP contribution in [0.3, 0.4) is 0 Å². The topological polar surface area (TPSA) is 81.5 Å². The molecular weight excluding hydrogens is 341 g/mol. The molecule has 0 aliphatic rings. The van der Waals surface area contributed by atoms with Gasteiger partial charge in [-0.05, 0) is 39.3 Å². The third-order valence-corrected chi connectivity index (χ3v) is 3.08. The van der Waals surface area contributed by atoms with E-state index < -0.39 is 28.0 Å². The first-order chi connectivity index (χ1) is 11.4. The van der Waals surface area contributed by atoms with Crippen LogP contribution < -0.4 is 5.32 Å². The Kier molecular flexibility index (Phi) is 6.92. The van der Waals surface area contributed by atoms with E-state index in [0.717, 1.165) is 12.1 Å². The van der Waals surface area contributed by atoms with E-state index in [1.165, 1.54) is 0 Å². The molecule has 0 spiro atoms. The van der Waals surface area contributed by atoms with Crippen LogP contribution in [-0.2, 0) is 22.3 Å². The van der Waals surface area contributed by atoms with Crippen molar-refractivity contribution in [1.82, 2.24) is 5.32 Å². The summed E-state index contributed by atoms with van der Waals surface area (Å²) in [6.07, 6.45) is -4.13. The molecular formula is C16H21F3N2O4. The van der Waals surface area contributed by atoms with Gasteiger partial charge in [-0.15, -0.1) is 0 Å². The van der Waals surface area contributed by atoms with Crippen LogP contribution in [0.15, 0.2) is 18.2 Å². The van der Waals surface area contributed by atoms with Crippen LogP contribution in [0.25, 0.3) is 0 Å².